The molecule has 0 radical (unpaired) electrons. The minimum Gasteiger partial charge on any atom is -0.508 e. The number of carbonyl (C=O) groups excluding carboxylic acids is 4. The van der Waals surface area contributed by atoms with Crippen molar-refractivity contribution in [2.75, 3.05) is 39.3 Å². The molecule has 5 N–H and O–H groups in total. The second-order valence-corrected chi connectivity index (χ2v) is 12.2. The van der Waals surface area contributed by atoms with Gasteiger partial charge in [-0.15, -0.1) is 0 Å². The lowest BCUT2D eigenvalue weighted by atomic mass is 10.0. The largest absolute Gasteiger partial charge is 0.508 e. The van der Waals surface area contributed by atoms with Crippen molar-refractivity contribution in [2.24, 2.45) is 0 Å². The molecule has 4 amide bonds. The van der Waals surface area contributed by atoms with Crippen LogP contribution in [0.2, 0.25) is 0 Å². The van der Waals surface area contributed by atoms with E-state index in [0.29, 0.717) is 17.9 Å². The van der Waals surface area contributed by atoms with E-state index in [1.165, 1.54) is 4.90 Å². The molecule has 4 saturated heterocycles. The number of para-hydroxylation sites is 2. The maximum Gasteiger partial charge on any atom is 0.261 e. The molecule has 0 spiro atoms. The second-order valence-electron chi connectivity index (χ2n) is 12.2. The summed E-state index contributed by atoms with van der Waals surface area (Å²) in [5, 5.41) is 37.4. The molecule has 7 atom stereocenters. The maximum absolute atomic E-state index is 14.1. The Morgan fingerprint density at radius 1 is 0.935 bits per heavy atom. The van der Waals surface area contributed by atoms with Crippen molar-refractivity contribution in [3.8, 4) is 11.5 Å². The van der Waals surface area contributed by atoms with Crippen LogP contribution in [0, 0.1) is 0 Å². The number of ether oxygens (including phenoxy) is 2. The molecule has 246 valence electrons. The van der Waals surface area contributed by atoms with Gasteiger partial charge in [0.1, 0.15) is 35.9 Å². The molecule has 14 nitrogen and oxygen atoms in total. The fourth-order valence-corrected chi connectivity index (χ4v) is 6.72. The van der Waals surface area contributed by atoms with Crippen LogP contribution in [0.15, 0.2) is 54.6 Å². The van der Waals surface area contributed by atoms with Gasteiger partial charge in [0.2, 0.25) is 17.7 Å². The molecule has 14 heteroatoms. The number of fused-ring (bicyclic) bond motifs is 6. The first-order valence-corrected chi connectivity index (χ1v) is 15.5. The molecule has 0 unspecified atom stereocenters. The quantitative estimate of drug-likeness (QED) is 0.261. The molecule has 6 bridgehead atoms. The zero-order valence-corrected chi connectivity index (χ0v) is 25.2. The van der Waals surface area contributed by atoms with Crippen LogP contribution in [0.1, 0.15) is 18.4 Å². The first kappa shape index (κ1) is 31.7. The fraction of sp³-hybridized carbons (Fsp3) is 0.500. The number of nitrogens with one attached hydrogen (secondary N) is 2. The highest BCUT2D eigenvalue weighted by Crippen LogP contribution is 2.28. The normalized spacial score (nSPS) is 30.6. The molecule has 2 aromatic carbocycles. The molecule has 0 aliphatic carbocycles. The number of aliphatic hydroxyl groups is 2. The number of nitrogens with zero attached hydrogens (tertiary/aromatic N) is 3. The number of rotatable bonds is 5. The maximum atomic E-state index is 14.1. The van der Waals surface area contributed by atoms with Crippen LogP contribution >= 0.6 is 0 Å². The summed E-state index contributed by atoms with van der Waals surface area (Å²) >= 11 is 0. The third-order valence-electron chi connectivity index (χ3n) is 9.16. The van der Waals surface area contributed by atoms with Crippen LogP contribution in [0.25, 0.3) is 0 Å². The molecule has 4 fully saturated rings. The summed E-state index contributed by atoms with van der Waals surface area (Å²) in [6, 6.07) is 13.5. The minimum absolute atomic E-state index is 0.0799. The Bertz CT molecular complexity index is 1440. The van der Waals surface area contributed by atoms with Gasteiger partial charge in [0.25, 0.3) is 5.91 Å². The number of amides is 4. The summed E-state index contributed by atoms with van der Waals surface area (Å²) in [5.41, 5.74) is 0.617. The smallest absolute Gasteiger partial charge is 0.261 e. The van der Waals surface area contributed by atoms with Crippen molar-refractivity contribution in [2.45, 2.75) is 61.9 Å². The summed E-state index contributed by atoms with van der Waals surface area (Å²) in [6.45, 7) is 0.244. The Labute approximate surface area is 265 Å². The number of phenols is 1. The number of piperazine rings is 1. The van der Waals surface area contributed by atoms with Gasteiger partial charge in [-0.05, 0) is 24.6 Å². The van der Waals surface area contributed by atoms with Crippen LogP contribution in [0.5, 0.6) is 11.5 Å². The van der Waals surface area contributed by atoms with E-state index in [0.717, 1.165) is 0 Å². The number of carbonyl (C=O) groups is 4. The van der Waals surface area contributed by atoms with Crippen molar-refractivity contribution in [1.29, 1.82) is 0 Å². The lowest BCUT2D eigenvalue weighted by Crippen LogP contribution is -2.64. The number of hydrogen-bond donors (Lipinski definition) is 5. The van der Waals surface area contributed by atoms with Crippen LogP contribution in [0.3, 0.4) is 0 Å². The molecule has 0 saturated carbocycles. The van der Waals surface area contributed by atoms with E-state index in [-0.39, 0.29) is 63.8 Å². The van der Waals surface area contributed by atoms with Crippen LogP contribution < -0.4 is 15.4 Å². The Kier molecular flexibility index (Phi) is 9.40. The molecule has 2 aromatic rings. The van der Waals surface area contributed by atoms with Crippen molar-refractivity contribution in [3.63, 3.8) is 0 Å². The highest BCUT2D eigenvalue weighted by molar-refractivity contribution is 5.90. The summed E-state index contributed by atoms with van der Waals surface area (Å²) in [4.78, 5) is 59.0. The molecular weight excluding hydrogens is 598 g/mol. The summed E-state index contributed by atoms with van der Waals surface area (Å²) in [5.74, 6) is -1.05. The van der Waals surface area contributed by atoms with Gasteiger partial charge < -0.3 is 45.2 Å². The Balaban J connectivity index is 1.26. The number of aliphatic hydroxyl groups excluding tert-OH is 2. The number of likely N-dealkylation sites (tertiary alicyclic amines) is 1. The molecule has 4 aliphatic rings. The fourth-order valence-electron chi connectivity index (χ4n) is 6.72. The Hall–Kier alpha value is -4.24. The van der Waals surface area contributed by atoms with E-state index < -0.39 is 60.3 Å². The lowest BCUT2D eigenvalue weighted by molar-refractivity contribution is -0.151. The lowest BCUT2D eigenvalue weighted by Gasteiger charge is -2.42. The number of phenolic OH excluding ortho intramolecular Hbond substituents is 1. The highest BCUT2D eigenvalue weighted by atomic mass is 16.5. The summed E-state index contributed by atoms with van der Waals surface area (Å²) < 4.78 is 11.5. The average Bonchev–Trinajstić information content (AvgIpc) is 3.57. The minimum atomic E-state index is -1.35. The topological polar surface area (TPSA) is 181 Å². The first-order valence-electron chi connectivity index (χ1n) is 15.5. The van der Waals surface area contributed by atoms with Gasteiger partial charge in [-0.25, -0.2) is 0 Å². The van der Waals surface area contributed by atoms with Gasteiger partial charge in [-0.2, -0.15) is 0 Å². The van der Waals surface area contributed by atoms with Crippen LogP contribution in [-0.2, 0) is 30.5 Å². The predicted octanol–water partition coefficient (Wildman–Crippen LogP) is -1.42. The predicted molar refractivity (Wildman–Crippen MR) is 161 cm³/mol. The van der Waals surface area contributed by atoms with E-state index in [2.05, 4.69) is 10.6 Å². The first-order chi connectivity index (χ1) is 22.2. The summed E-state index contributed by atoms with van der Waals surface area (Å²) in [6.07, 6.45) is -4.63. The molecule has 6 rings (SSSR count). The van der Waals surface area contributed by atoms with E-state index in [1.807, 2.05) is 11.0 Å². The summed E-state index contributed by atoms with van der Waals surface area (Å²) in [7, 11) is 0. The molecular formula is C32H39N5O9. The van der Waals surface area contributed by atoms with Crippen LogP contribution in [-0.4, -0.2) is 136 Å². The van der Waals surface area contributed by atoms with E-state index in [9.17, 15) is 34.5 Å². The monoisotopic (exact) mass is 637 g/mol. The van der Waals surface area contributed by atoms with Gasteiger partial charge in [-0.3, -0.25) is 24.1 Å². The third-order valence-corrected chi connectivity index (χ3v) is 9.16. The van der Waals surface area contributed by atoms with Gasteiger partial charge in [0, 0.05) is 44.3 Å². The molecule has 4 heterocycles. The van der Waals surface area contributed by atoms with Gasteiger partial charge in [-0.1, -0.05) is 36.4 Å². The van der Waals surface area contributed by atoms with E-state index in [1.54, 1.807) is 53.4 Å². The van der Waals surface area contributed by atoms with E-state index in [4.69, 9.17) is 9.47 Å². The average molecular weight is 638 g/mol. The van der Waals surface area contributed by atoms with Crippen molar-refractivity contribution < 1.29 is 44.0 Å². The Morgan fingerprint density at radius 3 is 2.46 bits per heavy atom. The highest BCUT2D eigenvalue weighted by Gasteiger charge is 2.47. The SMILES string of the molecule is O=C1C[C@@H]2O[C@H](CNC(=O)[C@@H]3CN(CCN3C(=O)COc3ccccc3)C(=O)[C@@H]3C[C@@H](CN3Cc3ccccc3O)N1)[C@@H](O)[C@H]2O. The van der Waals surface area contributed by atoms with Gasteiger partial charge >= 0.3 is 0 Å². The van der Waals surface area contributed by atoms with E-state index >= 15 is 0 Å². The molecule has 0 aromatic heterocycles. The zero-order valence-electron chi connectivity index (χ0n) is 25.2. The standard InChI is InChI=1S/C32H39N5O9/c38-24-9-5-4-6-19(24)15-36-16-20-12-22(36)32(44)35-10-11-37(28(40)18-45-21-7-2-1-3-8-21)23(17-35)31(43)33-14-26-30(42)29(41)25(46-26)13-27(39)34-20/h1-9,20,22-23,25-26,29-30,38,41-42H,10-18H2,(H,33,43)(H,34,39)/t20-,22-,23-,25-,26+,29-,30+/m0/s1. The second kappa shape index (κ2) is 13.6. The Morgan fingerprint density at radius 2 is 1.67 bits per heavy atom. The van der Waals surface area contributed by atoms with Crippen LogP contribution in [0.4, 0.5) is 0 Å². The third kappa shape index (κ3) is 6.79. The molecule has 4 aliphatic heterocycles. The number of benzene rings is 2. The zero-order chi connectivity index (χ0) is 32.4. The number of aromatic hydroxyl groups is 1. The van der Waals surface area contributed by atoms with Gasteiger partial charge in [0.05, 0.1) is 25.1 Å². The van der Waals surface area contributed by atoms with Crippen molar-refractivity contribution in [3.05, 3.63) is 60.2 Å². The molecule has 46 heavy (non-hydrogen) atoms. The van der Waals surface area contributed by atoms with Crippen molar-refractivity contribution >= 4 is 23.6 Å². The van der Waals surface area contributed by atoms with Crippen molar-refractivity contribution in [1.82, 2.24) is 25.3 Å². The number of hydrogen-bond acceptors (Lipinski definition) is 10. The van der Waals surface area contributed by atoms with Gasteiger partial charge in [0.15, 0.2) is 6.61 Å².